The van der Waals surface area contributed by atoms with E-state index in [1.54, 1.807) is 0 Å². The van der Waals surface area contributed by atoms with Crippen LogP contribution >= 0.6 is 0 Å². The fraction of sp³-hybridized carbons (Fsp3) is 0.933. The standard InChI is InChI=1S/C15H27NO/c1-11-5-6-14(8-12(11)2)15(17)9-13-4-3-7-16-10-13/h11-14,16H,3-10H2,1-2H3. The van der Waals surface area contributed by atoms with Gasteiger partial charge in [0.25, 0.3) is 0 Å². The van der Waals surface area contributed by atoms with Gasteiger partial charge in [0.05, 0.1) is 0 Å². The molecule has 4 atom stereocenters. The lowest BCUT2D eigenvalue weighted by molar-refractivity contribution is -0.125. The summed E-state index contributed by atoms with van der Waals surface area (Å²) in [7, 11) is 0. The Kier molecular flexibility index (Phi) is 4.61. The third-order valence-corrected chi connectivity index (χ3v) is 4.94. The van der Waals surface area contributed by atoms with E-state index in [9.17, 15) is 4.79 Å². The third-order valence-electron chi connectivity index (χ3n) is 4.94. The van der Waals surface area contributed by atoms with Crippen LogP contribution in [-0.4, -0.2) is 18.9 Å². The summed E-state index contributed by atoms with van der Waals surface area (Å²) >= 11 is 0. The maximum Gasteiger partial charge on any atom is 0.136 e. The molecule has 0 aromatic carbocycles. The van der Waals surface area contributed by atoms with Crippen molar-refractivity contribution in [2.75, 3.05) is 13.1 Å². The van der Waals surface area contributed by atoms with Crippen LogP contribution in [0.1, 0.15) is 52.4 Å². The van der Waals surface area contributed by atoms with Crippen LogP contribution in [0, 0.1) is 23.7 Å². The first kappa shape index (κ1) is 13.1. The molecule has 2 heteroatoms. The number of rotatable bonds is 3. The fourth-order valence-electron chi connectivity index (χ4n) is 3.39. The predicted octanol–water partition coefficient (Wildman–Crippen LogP) is 3.02. The highest BCUT2D eigenvalue weighted by molar-refractivity contribution is 5.81. The Bertz CT molecular complexity index is 258. The average Bonchev–Trinajstić information content (AvgIpc) is 2.34. The van der Waals surface area contributed by atoms with Gasteiger partial charge in [-0.15, -0.1) is 0 Å². The van der Waals surface area contributed by atoms with E-state index in [0.29, 0.717) is 17.6 Å². The average molecular weight is 237 g/mol. The van der Waals surface area contributed by atoms with Crippen molar-refractivity contribution in [3.05, 3.63) is 0 Å². The normalized spacial score (nSPS) is 38.9. The second kappa shape index (κ2) is 5.99. The first-order chi connectivity index (χ1) is 8.16. The molecule has 1 saturated heterocycles. The van der Waals surface area contributed by atoms with Gasteiger partial charge in [0.2, 0.25) is 0 Å². The summed E-state index contributed by atoms with van der Waals surface area (Å²) in [6, 6.07) is 0. The molecular weight excluding hydrogens is 210 g/mol. The van der Waals surface area contributed by atoms with Crippen molar-refractivity contribution in [2.45, 2.75) is 52.4 Å². The molecule has 0 aromatic rings. The van der Waals surface area contributed by atoms with E-state index in [2.05, 4.69) is 19.2 Å². The maximum absolute atomic E-state index is 12.3. The quantitative estimate of drug-likeness (QED) is 0.817. The molecule has 0 amide bonds. The molecular formula is C15H27NO. The van der Waals surface area contributed by atoms with Crippen LogP contribution in [0.15, 0.2) is 0 Å². The molecule has 2 fully saturated rings. The summed E-state index contributed by atoms with van der Waals surface area (Å²) in [5, 5.41) is 3.41. The summed E-state index contributed by atoms with van der Waals surface area (Å²) in [4.78, 5) is 12.3. The van der Waals surface area contributed by atoms with Gasteiger partial charge in [-0.1, -0.05) is 13.8 Å². The highest BCUT2D eigenvalue weighted by Crippen LogP contribution is 2.35. The van der Waals surface area contributed by atoms with E-state index in [4.69, 9.17) is 0 Å². The topological polar surface area (TPSA) is 29.1 Å². The number of ketones is 1. The van der Waals surface area contributed by atoms with Crippen molar-refractivity contribution < 1.29 is 4.79 Å². The molecule has 1 N–H and O–H groups in total. The summed E-state index contributed by atoms with van der Waals surface area (Å²) < 4.78 is 0. The SMILES string of the molecule is CC1CCC(C(=O)CC2CCCNC2)CC1C. The maximum atomic E-state index is 12.3. The second-order valence-electron chi connectivity index (χ2n) is 6.35. The van der Waals surface area contributed by atoms with Crippen LogP contribution in [0.4, 0.5) is 0 Å². The van der Waals surface area contributed by atoms with Crippen LogP contribution in [0.3, 0.4) is 0 Å². The second-order valence-corrected chi connectivity index (χ2v) is 6.35. The molecule has 17 heavy (non-hydrogen) atoms. The Hall–Kier alpha value is -0.370. The minimum absolute atomic E-state index is 0.378. The zero-order chi connectivity index (χ0) is 12.3. The van der Waals surface area contributed by atoms with Crippen LogP contribution in [0.2, 0.25) is 0 Å². The van der Waals surface area contributed by atoms with Crippen molar-refractivity contribution in [2.24, 2.45) is 23.7 Å². The van der Waals surface area contributed by atoms with Gasteiger partial charge in [-0.2, -0.15) is 0 Å². The molecule has 1 aliphatic carbocycles. The van der Waals surface area contributed by atoms with Crippen molar-refractivity contribution >= 4 is 5.78 Å². The molecule has 1 saturated carbocycles. The van der Waals surface area contributed by atoms with Gasteiger partial charge in [-0.25, -0.2) is 0 Å². The Morgan fingerprint density at radius 1 is 1.18 bits per heavy atom. The summed E-state index contributed by atoms with van der Waals surface area (Å²) in [6.07, 6.45) is 6.86. The highest BCUT2D eigenvalue weighted by atomic mass is 16.1. The number of carbonyl (C=O) groups excluding carboxylic acids is 1. The molecule has 1 aliphatic heterocycles. The first-order valence-electron chi connectivity index (χ1n) is 7.40. The monoisotopic (exact) mass is 237 g/mol. The molecule has 0 aromatic heterocycles. The molecule has 2 aliphatic rings. The summed E-state index contributed by atoms with van der Waals surface area (Å²) in [5.41, 5.74) is 0. The third kappa shape index (κ3) is 3.54. The lowest BCUT2D eigenvalue weighted by Crippen LogP contribution is -2.33. The largest absolute Gasteiger partial charge is 0.316 e. The molecule has 1 heterocycles. The number of Topliss-reactive ketones (excluding diaryl/α,β-unsaturated/α-hetero) is 1. The number of nitrogens with one attached hydrogen (secondary N) is 1. The number of hydrogen-bond acceptors (Lipinski definition) is 2. The van der Waals surface area contributed by atoms with Gasteiger partial charge in [0.15, 0.2) is 0 Å². The van der Waals surface area contributed by atoms with Crippen LogP contribution in [-0.2, 0) is 4.79 Å². The Morgan fingerprint density at radius 2 is 2.00 bits per heavy atom. The predicted molar refractivity (Wildman–Crippen MR) is 70.9 cm³/mol. The smallest absolute Gasteiger partial charge is 0.136 e. The molecule has 0 radical (unpaired) electrons. The van der Waals surface area contributed by atoms with Gasteiger partial charge in [0.1, 0.15) is 5.78 Å². The Balaban J connectivity index is 1.79. The van der Waals surface area contributed by atoms with Crippen molar-refractivity contribution in [3.8, 4) is 0 Å². The Labute approximate surface area is 106 Å². The van der Waals surface area contributed by atoms with E-state index in [1.807, 2.05) is 0 Å². The molecule has 2 rings (SSSR count). The van der Waals surface area contributed by atoms with E-state index < -0.39 is 0 Å². The molecule has 98 valence electrons. The van der Waals surface area contributed by atoms with Crippen LogP contribution in [0.25, 0.3) is 0 Å². The van der Waals surface area contributed by atoms with Gasteiger partial charge >= 0.3 is 0 Å². The first-order valence-corrected chi connectivity index (χ1v) is 7.40. The van der Waals surface area contributed by atoms with Gasteiger partial charge in [-0.3, -0.25) is 4.79 Å². The zero-order valence-electron chi connectivity index (χ0n) is 11.4. The van der Waals surface area contributed by atoms with Crippen molar-refractivity contribution in [1.82, 2.24) is 5.32 Å². The molecule has 4 unspecified atom stereocenters. The minimum atomic E-state index is 0.378. The summed E-state index contributed by atoms with van der Waals surface area (Å²) in [6.45, 7) is 6.84. The van der Waals surface area contributed by atoms with Crippen molar-refractivity contribution in [3.63, 3.8) is 0 Å². The number of carbonyl (C=O) groups is 1. The van der Waals surface area contributed by atoms with Crippen molar-refractivity contribution in [1.29, 1.82) is 0 Å². The van der Waals surface area contributed by atoms with E-state index in [1.165, 1.54) is 19.3 Å². The fourth-order valence-corrected chi connectivity index (χ4v) is 3.39. The van der Waals surface area contributed by atoms with E-state index in [0.717, 1.165) is 44.2 Å². The van der Waals surface area contributed by atoms with E-state index >= 15 is 0 Å². The number of piperidine rings is 1. The van der Waals surface area contributed by atoms with Crippen LogP contribution < -0.4 is 5.32 Å². The highest BCUT2D eigenvalue weighted by Gasteiger charge is 2.30. The zero-order valence-corrected chi connectivity index (χ0v) is 11.4. The molecule has 0 bridgehead atoms. The van der Waals surface area contributed by atoms with E-state index in [-0.39, 0.29) is 0 Å². The Morgan fingerprint density at radius 3 is 2.65 bits per heavy atom. The van der Waals surface area contributed by atoms with Gasteiger partial charge in [-0.05, 0) is 62.9 Å². The summed E-state index contributed by atoms with van der Waals surface area (Å²) in [5.74, 6) is 3.10. The minimum Gasteiger partial charge on any atom is -0.316 e. The molecule has 0 spiro atoms. The number of hydrogen-bond donors (Lipinski definition) is 1. The van der Waals surface area contributed by atoms with Gasteiger partial charge in [0, 0.05) is 12.3 Å². The molecule has 2 nitrogen and oxygen atoms in total. The lowest BCUT2D eigenvalue weighted by Gasteiger charge is -2.32. The van der Waals surface area contributed by atoms with Gasteiger partial charge < -0.3 is 5.32 Å². The lowest BCUT2D eigenvalue weighted by atomic mass is 9.73. The van der Waals surface area contributed by atoms with Crippen LogP contribution in [0.5, 0.6) is 0 Å².